The molecule has 0 heterocycles. The van der Waals surface area contributed by atoms with Gasteiger partial charge in [-0.3, -0.25) is 4.79 Å². The number of ketones is 1. The highest BCUT2D eigenvalue weighted by Gasteiger charge is 2.19. The van der Waals surface area contributed by atoms with Crippen LogP contribution in [0.25, 0.3) is 0 Å². The van der Waals surface area contributed by atoms with Crippen molar-refractivity contribution in [2.45, 2.75) is 30.1 Å². The van der Waals surface area contributed by atoms with Crippen LogP contribution in [-0.4, -0.2) is 11.5 Å². The van der Waals surface area contributed by atoms with Gasteiger partial charge in [0, 0.05) is 10.5 Å². The van der Waals surface area contributed by atoms with Gasteiger partial charge in [-0.15, -0.1) is 11.8 Å². The fraction of sp³-hybridized carbons (Fsp3) is 0.278. The molecular formula is C18H17FOS. The van der Waals surface area contributed by atoms with E-state index < -0.39 is 0 Å². The molecule has 3 rings (SSSR count). The van der Waals surface area contributed by atoms with Crippen LogP contribution in [0.3, 0.4) is 0 Å². The molecule has 1 aliphatic rings. The largest absolute Gasteiger partial charge is 0.293 e. The van der Waals surface area contributed by atoms with Gasteiger partial charge in [0.05, 0.1) is 5.75 Å². The van der Waals surface area contributed by atoms with Crippen LogP contribution in [0.1, 0.15) is 41.1 Å². The summed E-state index contributed by atoms with van der Waals surface area (Å²) in [5.41, 5.74) is 2.04. The fourth-order valence-electron chi connectivity index (χ4n) is 2.47. The maximum Gasteiger partial charge on any atom is 0.173 e. The molecule has 0 aromatic heterocycles. The second kappa shape index (κ2) is 6.44. The minimum absolute atomic E-state index is 0.0448. The summed E-state index contributed by atoms with van der Waals surface area (Å²) in [6.07, 6.45) is 3.83. The summed E-state index contributed by atoms with van der Waals surface area (Å²) in [6, 6.07) is 14.5. The summed E-state index contributed by atoms with van der Waals surface area (Å²) in [7, 11) is 0. The van der Waals surface area contributed by atoms with Gasteiger partial charge in [-0.05, 0) is 36.5 Å². The van der Waals surface area contributed by atoms with Crippen molar-refractivity contribution in [3.8, 4) is 0 Å². The first-order valence-corrected chi connectivity index (χ1v) is 8.23. The number of rotatable bonds is 5. The van der Waals surface area contributed by atoms with Crippen molar-refractivity contribution < 1.29 is 9.18 Å². The molecular weight excluding hydrogens is 283 g/mol. The molecule has 0 radical (unpaired) electrons. The lowest BCUT2D eigenvalue weighted by molar-refractivity contribution is 0.102. The lowest BCUT2D eigenvalue weighted by atomic mass is 9.80. The summed E-state index contributed by atoms with van der Waals surface area (Å²) in [5.74, 6) is 0.727. The minimum Gasteiger partial charge on any atom is -0.293 e. The van der Waals surface area contributed by atoms with E-state index in [1.807, 2.05) is 12.1 Å². The molecule has 0 N–H and O–H groups in total. The van der Waals surface area contributed by atoms with Gasteiger partial charge in [-0.2, -0.15) is 0 Å². The second-order valence-corrected chi connectivity index (χ2v) is 6.41. The number of Topliss-reactive ketones (excluding diaryl/α,β-unsaturated/α-hetero) is 1. The van der Waals surface area contributed by atoms with Crippen molar-refractivity contribution in [3.63, 3.8) is 0 Å². The monoisotopic (exact) mass is 300 g/mol. The highest BCUT2D eigenvalue weighted by atomic mass is 32.2. The molecule has 1 aliphatic carbocycles. The molecule has 0 saturated heterocycles. The molecule has 2 aromatic carbocycles. The average molecular weight is 300 g/mol. The van der Waals surface area contributed by atoms with Crippen LogP contribution in [0, 0.1) is 5.82 Å². The highest BCUT2D eigenvalue weighted by molar-refractivity contribution is 8.00. The maximum absolute atomic E-state index is 13.5. The quantitative estimate of drug-likeness (QED) is 0.566. The van der Waals surface area contributed by atoms with E-state index in [0.29, 0.717) is 16.4 Å². The van der Waals surface area contributed by atoms with Gasteiger partial charge in [0.15, 0.2) is 5.78 Å². The van der Waals surface area contributed by atoms with Gasteiger partial charge in [-0.1, -0.05) is 42.8 Å². The summed E-state index contributed by atoms with van der Waals surface area (Å²) in [4.78, 5) is 12.7. The second-order valence-electron chi connectivity index (χ2n) is 5.39. The number of thioether (sulfide) groups is 1. The van der Waals surface area contributed by atoms with E-state index in [4.69, 9.17) is 0 Å². The van der Waals surface area contributed by atoms with E-state index in [1.165, 1.54) is 42.7 Å². The molecule has 0 atom stereocenters. The molecule has 0 spiro atoms. The number of carbonyl (C=O) groups excluding carboxylic acids is 1. The van der Waals surface area contributed by atoms with Gasteiger partial charge < -0.3 is 0 Å². The Morgan fingerprint density at radius 1 is 1.10 bits per heavy atom. The van der Waals surface area contributed by atoms with Crippen LogP contribution < -0.4 is 0 Å². The van der Waals surface area contributed by atoms with Crippen molar-refractivity contribution in [1.82, 2.24) is 0 Å². The lowest BCUT2D eigenvalue weighted by Gasteiger charge is -2.25. The first-order valence-electron chi connectivity index (χ1n) is 7.24. The standard InChI is InChI=1S/C18H17FOS/c19-16-6-1-2-7-18(16)21-12-17(20)15-10-8-14(9-11-15)13-4-3-5-13/h1-2,6-11,13H,3-5,12H2. The molecule has 1 fully saturated rings. The zero-order chi connectivity index (χ0) is 14.7. The first kappa shape index (κ1) is 14.3. The molecule has 108 valence electrons. The molecule has 21 heavy (non-hydrogen) atoms. The predicted octanol–water partition coefficient (Wildman–Crippen LogP) is 5.07. The van der Waals surface area contributed by atoms with Crippen molar-refractivity contribution in [2.75, 3.05) is 5.75 Å². The highest BCUT2D eigenvalue weighted by Crippen LogP contribution is 2.36. The van der Waals surface area contributed by atoms with E-state index in [-0.39, 0.29) is 17.4 Å². The SMILES string of the molecule is O=C(CSc1ccccc1F)c1ccc(C2CCC2)cc1. The Morgan fingerprint density at radius 3 is 2.43 bits per heavy atom. The Hall–Kier alpha value is -1.61. The summed E-state index contributed by atoms with van der Waals surface area (Å²) >= 11 is 1.25. The van der Waals surface area contributed by atoms with Crippen LogP contribution in [0.2, 0.25) is 0 Å². The van der Waals surface area contributed by atoms with Crippen LogP contribution >= 0.6 is 11.8 Å². The van der Waals surface area contributed by atoms with E-state index in [0.717, 1.165) is 0 Å². The van der Waals surface area contributed by atoms with Crippen LogP contribution in [0.5, 0.6) is 0 Å². The minimum atomic E-state index is -0.268. The number of carbonyl (C=O) groups is 1. The molecule has 0 bridgehead atoms. The summed E-state index contributed by atoms with van der Waals surface area (Å²) < 4.78 is 13.5. The molecule has 0 unspecified atom stereocenters. The molecule has 2 aromatic rings. The van der Waals surface area contributed by atoms with Crippen LogP contribution in [-0.2, 0) is 0 Å². The van der Waals surface area contributed by atoms with Crippen molar-refractivity contribution in [2.24, 2.45) is 0 Å². The van der Waals surface area contributed by atoms with Crippen molar-refractivity contribution >= 4 is 17.5 Å². The third-order valence-corrected chi connectivity index (χ3v) is 5.05. The van der Waals surface area contributed by atoms with E-state index >= 15 is 0 Å². The Morgan fingerprint density at radius 2 is 1.81 bits per heavy atom. The fourth-order valence-corrected chi connectivity index (χ4v) is 3.31. The maximum atomic E-state index is 13.5. The Labute approximate surface area is 128 Å². The lowest BCUT2D eigenvalue weighted by Crippen LogP contribution is -2.09. The van der Waals surface area contributed by atoms with Crippen molar-refractivity contribution in [1.29, 1.82) is 0 Å². The van der Waals surface area contributed by atoms with Gasteiger partial charge in [0.25, 0.3) is 0 Å². The Balaban J connectivity index is 1.61. The van der Waals surface area contributed by atoms with Crippen LogP contribution in [0.4, 0.5) is 4.39 Å². The van der Waals surface area contributed by atoms with Gasteiger partial charge in [0.2, 0.25) is 0 Å². The summed E-state index contributed by atoms with van der Waals surface area (Å²) in [5, 5.41) is 0. The Kier molecular flexibility index (Phi) is 4.39. The van der Waals surface area contributed by atoms with Gasteiger partial charge >= 0.3 is 0 Å². The Bertz CT molecular complexity index is 632. The summed E-state index contributed by atoms with van der Waals surface area (Å²) in [6.45, 7) is 0. The van der Waals surface area contributed by atoms with E-state index in [1.54, 1.807) is 18.2 Å². The van der Waals surface area contributed by atoms with Crippen molar-refractivity contribution in [3.05, 3.63) is 65.5 Å². The topological polar surface area (TPSA) is 17.1 Å². The third kappa shape index (κ3) is 3.35. The predicted molar refractivity (Wildman–Crippen MR) is 84.5 cm³/mol. The van der Waals surface area contributed by atoms with E-state index in [9.17, 15) is 9.18 Å². The third-order valence-electron chi connectivity index (χ3n) is 4.00. The molecule has 3 heteroatoms. The molecule has 0 amide bonds. The molecule has 1 saturated carbocycles. The molecule has 1 nitrogen and oxygen atoms in total. The average Bonchev–Trinajstić information content (AvgIpc) is 2.45. The van der Waals surface area contributed by atoms with Gasteiger partial charge in [0.1, 0.15) is 5.82 Å². The number of benzene rings is 2. The zero-order valence-corrected chi connectivity index (χ0v) is 12.5. The number of halogens is 1. The van der Waals surface area contributed by atoms with Gasteiger partial charge in [-0.25, -0.2) is 4.39 Å². The molecule has 0 aliphatic heterocycles. The normalized spacial score (nSPS) is 14.7. The number of hydrogen-bond donors (Lipinski definition) is 0. The van der Waals surface area contributed by atoms with Crippen LogP contribution in [0.15, 0.2) is 53.4 Å². The first-order chi connectivity index (χ1) is 10.2. The zero-order valence-electron chi connectivity index (χ0n) is 11.7. The number of hydrogen-bond acceptors (Lipinski definition) is 2. The smallest absolute Gasteiger partial charge is 0.173 e. The van der Waals surface area contributed by atoms with E-state index in [2.05, 4.69) is 12.1 Å².